The molecule has 4 heteroatoms. The van der Waals surface area contributed by atoms with E-state index in [-0.39, 0.29) is 24.4 Å². The molecule has 0 saturated heterocycles. The molecular weight excluding hydrogens is 200 g/mol. The summed E-state index contributed by atoms with van der Waals surface area (Å²) >= 11 is 0. The number of rotatable bonds is 2. The smallest absolute Gasteiger partial charge is 0.221 e. The number of benzene rings is 1. The van der Waals surface area contributed by atoms with Crippen molar-refractivity contribution in [2.45, 2.75) is 19.9 Å². The highest BCUT2D eigenvalue weighted by Crippen LogP contribution is 2.13. The van der Waals surface area contributed by atoms with Crippen molar-refractivity contribution in [2.24, 2.45) is 5.73 Å². The maximum atomic E-state index is 10.7. The second-order valence-corrected chi connectivity index (χ2v) is 3.09. The van der Waals surface area contributed by atoms with Crippen molar-refractivity contribution in [3.8, 4) is 0 Å². The Morgan fingerprint density at radius 2 is 1.86 bits per heavy atom. The lowest BCUT2D eigenvalue weighted by Gasteiger charge is -2.06. The van der Waals surface area contributed by atoms with E-state index in [1.54, 1.807) is 0 Å². The van der Waals surface area contributed by atoms with E-state index in [0.29, 0.717) is 0 Å². The zero-order valence-electron chi connectivity index (χ0n) is 8.28. The lowest BCUT2D eigenvalue weighted by molar-refractivity contribution is -0.114. The van der Waals surface area contributed by atoms with Gasteiger partial charge in [-0.1, -0.05) is 12.1 Å². The molecule has 0 aliphatic carbocycles. The average Bonchev–Trinajstić information content (AvgIpc) is 2.04. The first kappa shape index (κ1) is 12.9. The van der Waals surface area contributed by atoms with Gasteiger partial charge in [0.25, 0.3) is 0 Å². The molecule has 78 valence electrons. The van der Waals surface area contributed by atoms with Crippen LogP contribution in [0.2, 0.25) is 0 Å². The maximum Gasteiger partial charge on any atom is 0.221 e. The van der Waals surface area contributed by atoms with Gasteiger partial charge in [-0.15, -0.1) is 12.4 Å². The molecule has 3 N–H and O–H groups in total. The number of amides is 1. The molecule has 0 radical (unpaired) electrons. The summed E-state index contributed by atoms with van der Waals surface area (Å²) < 4.78 is 0. The van der Waals surface area contributed by atoms with Gasteiger partial charge in [-0.2, -0.15) is 0 Å². The molecule has 14 heavy (non-hydrogen) atoms. The van der Waals surface area contributed by atoms with Gasteiger partial charge in [-0.25, -0.2) is 0 Å². The molecule has 0 saturated carbocycles. The van der Waals surface area contributed by atoms with Crippen LogP contribution in [0.3, 0.4) is 0 Å². The minimum absolute atomic E-state index is 0. The molecule has 1 aromatic carbocycles. The molecule has 0 heterocycles. The second kappa shape index (κ2) is 5.62. The Morgan fingerprint density at radius 1 is 1.36 bits per heavy atom. The van der Waals surface area contributed by atoms with E-state index in [2.05, 4.69) is 5.32 Å². The van der Waals surface area contributed by atoms with Gasteiger partial charge in [0.05, 0.1) is 0 Å². The number of nitrogens with two attached hydrogens (primary N) is 1. The van der Waals surface area contributed by atoms with Gasteiger partial charge in [0.15, 0.2) is 0 Å². The summed E-state index contributed by atoms with van der Waals surface area (Å²) in [7, 11) is 0. The Morgan fingerprint density at radius 3 is 2.21 bits per heavy atom. The van der Waals surface area contributed by atoms with E-state index in [1.165, 1.54) is 6.92 Å². The van der Waals surface area contributed by atoms with E-state index in [0.717, 1.165) is 11.3 Å². The Kier molecular flexibility index (Phi) is 5.20. The normalized spacial score (nSPS) is 11.4. The highest BCUT2D eigenvalue weighted by Gasteiger charge is 1.99. The summed E-state index contributed by atoms with van der Waals surface area (Å²) in [5, 5.41) is 2.69. The molecule has 0 aliphatic rings. The fraction of sp³-hybridized carbons (Fsp3) is 0.300. The van der Waals surface area contributed by atoms with Gasteiger partial charge in [-0.05, 0) is 24.6 Å². The number of anilines is 1. The van der Waals surface area contributed by atoms with Crippen molar-refractivity contribution in [2.75, 3.05) is 5.32 Å². The summed E-state index contributed by atoms with van der Waals surface area (Å²) in [5.41, 5.74) is 7.54. The number of nitrogens with one attached hydrogen (secondary N) is 1. The fourth-order valence-corrected chi connectivity index (χ4v) is 1.07. The number of hydrogen-bond acceptors (Lipinski definition) is 2. The van der Waals surface area contributed by atoms with Crippen LogP contribution in [-0.4, -0.2) is 5.91 Å². The van der Waals surface area contributed by atoms with Crippen molar-refractivity contribution >= 4 is 24.0 Å². The predicted octanol–water partition coefficient (Wildman–Crippen LogP) is 2.09. The maximum absolute atomic E-state index is 10.7. The largest absolute Gasteiger partial charge is 0.326 e. The Hall–Kier alpha value is -1.06. The number of hydrogen-bond donors (Lipinski definition) is 2. The van der Waals surface area contributed by atoms with Crippen LogP contribution in [0.15, 0.2) is 24.3 Å². The van der Waals surface area contributed by atoms with Crippen LogP contribution in [-0.2, 0) is 4.79 Å². The van der Waals surface area contributed by atoms with Crippen molar-refractivity contribution < 1.29 is 4.79 Å². The minimum atomic E-state index is -0.0615. The molecule has 1 rings (SSSR count). The van der Waals surface area contributed by atoms with Gasteiger partial charge in [0.2, 0.25) is 5.91 Å². The van der Waals surface area contributed by atoms with Crippen LogP contribution < -0.4 is 11.1 Å². The highest BCUT2D eigenvalue weighted by molar-refractivity contribution is 5.88. The first-order valence-electron chi connectivity index (χ1n) is 4.22. The van der Waals surface area contributed by atoms with E-state index in [9.17, 15) is 4.79 Å². The second-order valence-electron chi connectivity index (χ2n) is 3.09. The van der Waals surface area contributed by atoms with Gasteiger partial charge < -0.3 is 11.1 Å². The third kappa shape index (κ3) is 3.77. The topological polar surface area (TPSA) is 55.1 Å². The van der Waals surface area contributed by atoms with Crippen LogP contribution in [0.25, 0.3) is 0 Å². The van der Waals surface area contributed by atoms with Gasteiger partial charge in [0, 0.05) is 18.7 Å². The third-order valence-corrected chi connectivity index (χ3v) is 1.76. The molecule has 0 spiro atoms. The van der Waals surface area contributed by atoms with Crippen molar-refractivity contribution in [1.29, 1.82) is 0 Å². The van der Waals surface area contributed by atoms with Crippen LogP contribution in [0, 0.1) is 0 Å². The van der Waals surface area contributed by atoms with E-state index < -0.39 is 0 Å². The van der Waals surface area contributed by atoms with Gasteiger partial charge in [0.1, 0.15) is 0 Å². The first-order valence-corrected chi connectivity index (χ1v) is 4.22. The quantitative estimate of drug-likeness (QED) is 0.792. The monoisotopic (exact) mass is 214 g/mol. The summed E-state index contributed by atoms with van der Waals surface area (Å²) in [6.45, 7) is 3.41. The summed E-state index contributed by atoms with van der Waals surface area (Å²) in [5.74, 6) is -0.0615. The number of carbonyl (C=O) groups is 1. The van der Waals surface area contributed by atoms with Crippen molar-refractivity contribution in [3.05, 3.63) is 29.8 Å². The zero-order valence-corrected chi connectivity index (χ0v) is 9.10. The highest BCUT2D eigenvalue weighted by atomic mass is 35.5. The summed E-state index contributed by atoms with van der Waals surface area (Å²) in [4.78, 5) is 10.7. The lowest BCUT2D eigenvalue weighted by Crippen LogP contribution is -2.07. The van der Waals surface area contributed by atoms with Crippen LogP contribution >= 0.6 is 12.4 Å². The van der Waals surface area contributed by atoms with Gasteiger partial charge in [-0.3, -0.25) is 4.79 Å². The number of carbonyl (C=O) groups excluding carboxylic acids is 1. The molecule has 3 nitrogen and oxygen atoms in total. The van der Waals surface area contributed by atoms with E-state index >= 15 is 0 Å². The average molecular weight is 215 g/mol. The zero-order chi connectivity index (χ0) is 9.84. The molecule has 1 aromatic rings. The first-order chi connectivity index (χ1) is 6.09. The minimum Gasteiger partial charge on any atom is -0.326 e. The molecule has 0 fully saturated rings. The molecule has 1 amide bonds. The van der Waals surface area contributed by atoms with Crippen LogP contribution in [0.1, 0.15) is 25.5 Å². The van der Waals surface area contributed by atoms with E-state index in [4.69, 9.17) is 5.73 Å². The molecule has 1 atom stereocenters. The van der Waals surface area contributed by atoms with Crippen molar-refractivity contribution in [3.63, 3.8) is 0 Å². The molecule has 0 bridgehead atoms. The van der Waals surface area contributed by atoms with Crippen LogP contribution in [0.4, 0.5) is 5.69 Å². The summed E-state index contributed by atoms with van der Waals surface area (Å²) in [6, 6.07) is 7.55. The molecule has 0 aromatic heterocycles. The third-order valence-electron chi connectivity index (χ3n) is 1.76. The Balaban J connectivity index is 0.00000169. The predicted molar refractivity (Wildman–Crippen MR) is 60.6 cm³/mol. The Bertz CT molecular complexity index is 295. The van der Waals surface area contributed by atoms with Gasteiger partial charge >= 0.3 is 0 Å². The Labute approximate surface area is 90.1 Å². The molecule has 0 aliphatic heterocycles. The van der Waals surface area contributed by atoms with E-state index in [1.807, 2.05) is 31.2 Å². The summed E-state index contributed by atoms with van der Waals surface area (Å²) in [6.07, 6.45) is 0. The fourth-order valence-electron chi connectivity index (χ4n) is 1.07. The SMILES string of the molecule is CC(=O)Nc1ccc([C@H](C)N)cc1.Cl. The molecular formula is C10H15ClN2O. The number of halogens is 1. The molecule has 0 unspecified atom stereocenters. The van der Waals surface area contributed by atoms with Crippen molar-refractivity contribution in [1.82, 2.24) is 0 Å². The lowest BCUT2D eigenvalue weighted by atomic mass is 10.1. The standard InChI is InChI=1S/C10H14N2O.ClH/c1-7(11)9-3-5-10(6-4-9)12-8(2)13;/h3-7H,11H2,1-2H3,(H,12,13);1H/t7-;/m0./s1. The van der Waals surface area contributed by atoms with Crippen LogP contribution in [0.5, 0.6) is 0 Å².